The van der Waals surface area contributed by atoms with Crippen LogP contribution >= 0.6 is 0 Å². The van der Waals surface area contributed by atoms with Crippen molar-refractivity contribution in [3.63, 3.8) is 0 Å². The van der Waals surface area contributed by atoms with E-state index in [1.807, 2.05) is 6.08 Å². The van der Waals surface area contributed by atoms with Crippen molar-refractivity contribution in [2.75, 3.05) is 6.61 Å². The number of aliphatic hydroxyl groups is 2. The van der Waals surface area contributed by atoms with Gasteiger partial charge in [-0.25, -0.2) is 0 Å². The molecule has 0 fully saturated rings. The molecular formula is C57H101NO5. The number of allylic oxidation sites excluding steroid dienone is 12. The van der Waals surface area contributed by atoms with Crippen molar-refractivity contribution in [3.8, 4) is 0 Å². The maximum absolute atomic E-state index is 13.2. The number of aliphatic hydroxyl groups excluding tert-OH is 2. The number of amides is 1. The van der Waals surface area contributed by atoms with E-state index in [-0.39, 0.29) is 31.3 Å². The van der Waals surface area contributed by atoms with Gasteiger partial charge in [-0.05, 0) is 83.5 Å². The molecule has 364 valence electrons. The highest BCUT2D eigenvalue weighted by Crippen LogP contribution is 2.17. The Labute approximate surface area is 390 Å². The Morgan fingerprint density at radius 1 is 0.476 bits per heavy atom. The van der Waals surface area contributed by atoms with Gasteiger partial charge in [-0.15, -0.1) is 0 Å². The van der Waals surface area contributed by atoms with Gasteiger partial charge in [-0.3, -0.25) is 9.59 Å². The molecule has 0 radical (unpaired) electrons. The van der Waals surface area contributed by atoms with E-state index in [1.165, 1.54) is 116 Å². The van der Waals surface area contributed by atoms with E-state index in [0.717, 1.165) is 83.5 Å². The van der Waals surface area contributed by atoms with Crippen molar-refractivity contribution < 1.29 is 24.5 Å². The Morgan fingerprint density at radius 2 is 0.857 bits per heavy atom. The van der Waals surface area contributed by atoms with Crippen molar-refractivity contribution in [1.82, 2.24) is 5.32 Å². The first-order valence-corrected chi connectivity index (χ1v) is 26.7. The van der Waals surface area contributed by atoms with E-state index in [0.29, 0.717) is 19.3 Å². The number of rotatable bonds is 47. The summed E-state index contributed by atoms with van der Waals surface area (Å²) in [6, 6.07) is -0.723. The second-order valence-corrected chi connectivity index (χ2v) is 17.9. The van der Waals surface area contributed by atoms with Gasteiger partial charge in [-0.2, -0.15) is 0 Å². The molecule has 6 nitrogen and oxygen atoms in total. The van der Waals surface area contributed by atoms with Crippen molar-refractivity contribution >= 4 is 11.9 Å². The van der Waals surface area contributed by atoms with Gasteiger partial charge in [0.05, 0.1) is 25.2 Å². The summed E-state index contributed by atoms with van der Waals surface area (Å²) in [5.41, 5.74) is 0. The molecule has 3 N–H and O–H groups in total. The zero-order valence-corrected chi connectivity index (χ0v) is 41.4. The number of unbranched alkanes of at least 4 members (excludes halogenated alkanes) is 23. The maximum atomic E-state index is 13.2. The van der Waals surface area contributed by atoms with Crippen LogP contribution in [0.1, 0.15) is 252 Å². The summed E-state index contributed by atoms with van der Waals surface area (Å²) in [5.74, 6) is -0.587. The lowest BCUT2D eigenvalue weighted by atomic mass is 10.0. The average Bonchev–Trinajstić information content (AvgIpc) is 3.28. The maximum Gasteiger partial charge on any atom is 0.306 e. The molecule has 0 aliphatic rings. The highest BCUT2D eigenvalue weighted by Gasteiger charge is 2.24. The monoisotopic (exact) mass is 880 g/mol. The Bertz CT molecular complexity index is 1170. The van der Waals surface area contributed by atoms with Gasteiger partial charge in [0.2, 0.25) is 5.91 Å². The predicted molar refractivity (Wildman–Crippen MR) is 273 cm³/mol. The van der Waals surface area contributed by atoms with Crippen molar-refractivity contribution in [1.29, 1.82) is 0 Å². The average molecular weight is 880 g/mol. The fourth-order valence-electron chi connectivity index (χ4n) is 7.77. The second kappa shape index (κ2) is 50.3. The SMILES string of the molecule is CC/C=C/C/C=C/C/C=C/C/C=C/C/C=C/CCC(=O)OC(CCCCC/C=C/CCCCCCCCCCC)CC(=O)NC(CO)C(O)CCCCCCCCCCCCCC. The normalized spacial score (nSPS) is 13.8. The van der Waals surface area contributed by atoms with Crippen LogP contribution in [-0.2, 0) is 14.3 Å². The first-order chi connectivity index (χ1) is 31.0. The van der Waals surface area contributed by atoms with Gasteiger partial charge in [0.15, 0.2) is 0 Å². The minimum absolute atomic E-state index is 0.0356. The smallest absolute Gasteiger partial charge is 0.306 e. The van der Waals surface area contributed by atoms with E-state index in [4.69, 9.17) is 4.74 Å². The van der Waals surface area contributed by atoms with E-state index in [9.17, 15) is 19.8 Å². The molecule has 0 aromatic heterocycles. The minimum Gasteiger partial charge on any atom is -0.462 e. The van der Waals surface area contributed by atoms with Gasteiger partial charge in [0, 0.05) is 6.42 Å². The fourth-order valence-corrected chi connectivity index (χ4v) is 7.77. The van der Waals surface area contributed by atoms with Gasteiger partial charge in [0.25, 0.3) is 0 Å². The van der Waals surface area contributed by atoms with E-state index < -0.39 is 18.2 Å². The standard InChI is InChI=1S/C57H101NO5/c1-4-7-10-13-16-19-22-25-27-29-31-33-36-39-42-45-48-53(63-57(62)50-47-44-41-38-35-32-30-28-26-23-20-17-14-11-8-5-2)51-56(61)58-54(52-59)55(60)49-46-43-40-37-34-24-21-18-15-12-9-6-3/h8,11,17,20,26,28,31-33,35,41,44,53-55,59-60H,4-7,9-10,12-16,18-19,21-25,27,29-30,34,36-40,42-43,45-52H2,1-3H3,(H,58,61)/b11-8+,20-17+,28-26+,33-31+,35-32+,44-41+. The molecule has 0 saturated carbocycles. The number of hydrogen-bond acceptors (Lipinski definition) is 5. The zero-order valence-electron chi connectivity index (χ0n) is 41.4. The first-order valence-electron chi connectivity index (χ1n) is 26.7. The van der Waals surface area contributed by atoms with Crippen LogP contribution < -0.4 is 5.32 Å². The summed E-state index contributed by atoms with van der Waals surface area (Å²) >= 11 is 0. The van der Waals surface area contributed by atoms with Gasteiger partial charge in [0.1, 0.15) is 6.10 Å². The predicted octanol–water partition coefficient (Wildman–Crippen LogP) is 16.2. The summed E-state index contributed by atoms with van der Waals surface area (Å²) in [7, 11) is 0. The summed E-state index contributed by atoms with van der Waals surface area (Å²) in [6.07, 6.45) is 64.0. The van der Waals surface area contributed by atoms with Crippen molar-refractivity contribution in [3.05, 3.63) is 72.9 Å². The number of ether oxygens (including phenoxy) is 1. The van der Waals surface area contributed by atoms with Crippen LogP contribution in [0.2, 0.25) is 0 Å². The van der Waals surface area contributed by atoms with Crippen LogP contribution in [0.5, 0.6) is 0 Å². The summed E-state index contributed by atoms with van der Waals surface area (Å²) in [4.78, 5) is 26.1. The molecular weight excluding hydrogens is 779 g/mol. The van der Waals surface area contributed by atoms with Crippen molar-refractivity contribution in [2.24, 2.45) is 0 Å². The van der Waals surface area contributed by atoms with Gasteiger partial charge in [-0.1, -0.05) is 229 Å². The number of esters is 1. The van der Waals surface area contributed by atoms with Gasteiger partial charge >= 0.3 is 5.97 Å². The van der Waals surface area contributed by atoms with Crippen LogP contribution in [0.4, 0.5) is 0 Å². The van der Waals surface area contributed by atoms with E-state index in [2.05, 4.69) is 92.9 Å². The lowest BCUT2D eigenvalue weighted by Gasteiger charge is -2.24. The number of carbonyl (C=O) groups is 2. The third-order valence-electron chi connectivity index (χ3n) is 11.8. The van der Waals surface area contributed by atoms with E-state index >= 15 is 0 Å². The zero-order chi connectivity index (χ0) is 45.9. The highest BCUT2D eigenvalue weighted by molar-refractivity contribution is 5.77. The lowest BCUT2D eigenvalue weighted by molar-refractivity contribution is -0.150. The summed E-state index contributed by atoms with van der Waals surface area (Å²) < 4.78 is 5.89. The highest BCUT2D eigenvalue weighted by atomic mass is 16.5. The Kier molecular flexibility index (Phi) is 48.1. The minimum atomic E-state index is -0.806. The second-order valence-electron chi connectivity index (χ2n) is 17.9. The van der Waals surface area contributed by atoms with Crippen LogP contribution in [0, 0.1) is 0 Å². The van der Waals surface area contributed by atoms with Gasteiger partial charge < -0.3 is 20.3 Å². The molecule has 63 heavy (non-hydrogen) atoms. The molecule has 0 aliphatic heterocycles. The molecule has 0 bridgehead atoms. The molecule has 0 aromatic carbocycles. The van der Waals surface area contributed by atoms with E-state index in [1.54, 1.807) is 0 Å². The largest absolute Gasteiger partial charge is 0.462 e. The quantitative estimate of drug-likeness (QED) is 0.0321. The number of nitrogens with one attached hydrogen (secondary N) is 1. The molecule has 0 heterocycles. The molecule has 0 rings (SSSR count). The van der Waals surface area contributed by atoms with Crippen LogP contribution in [0.15, 0.2) is 72.9 Å². The molecule has 3 atom stereocenters. The third-order valence-corrected chi connectivity index (χ3v) is 11.8. The Morgan fingerprint density at radius 3 is 1.32 bits per heavy atom. The molecule has 0 spiro atoms. The number of carbonyl (C=O) groups excluding carboxylic acids is 2. The summed E-state index contributed by atoms with van der Waals surface area (Å²) in [6.45, 7) is 6.35. The molecule has 0 aromatic rings. The summed E-state index contributed by atoms with van der Waals surface area (Å²) in [5, 5.41) is 23.8. The van der Waals surface area contributed by atoms with Crippen LogP contribution in [0.25, 0.3) is 0 Å². The fraction of sp³-hybridized carbons (Fsp3) is 0.754. The molecule has 1 amide bonds. The Balaban J connectivity index is 4.72. The molecule has 3 unspecified atom stereocenters. The molecule has 0 aliphatic carbocycles. The topological polar surface area (TPSA) is 95.9 Å². The van der Waals surface area contributed by atoms with Crippen LogP contribution in [0.3, 0.4) is 0 Å². The number of hydrogen-bond donors (Lipinski definition) is 3. The molecule has 6 heteroatoms. The Hall–Kier alpha value is -2.70. The van der Waals surface area contributed by atoms with Crippen molar-refractivity contribution in [2.45, 2.75) is 270 Å². The van der Waals surface area contributed by atoms with Crippen LogP contribution in [-0.4, -0.2) is 46.9 Å². The lowest BCUT2D eigenvalue weighted by Crippen LogP contribution is -2.46. The molecule has 0 saturated heterocycles. The first kappa shape index (κ1) is 60.3. The third kappa shape index (κ3) is 45.7.